The minimum absolute atomic E-state index is 0.00231. The van der Waals surface area contributed by atoms with Crippen LogP contribution in [0.5, 0.6) is 0 Å². The van der Waals surface area contributed by atoms with Crippen molar-refractivity contribution in [1.29, 1.82) is 0 Å². The van der Waals surface area contributed by atoms with Crippen molar-refractivity contribution < 1.29 is 9.47 Å². The van der Waals surface area contributed by atoms with Gasteiger partial charge in [-0.1, -0.05) is 18.2 Å². The molecule has 0 fully saturated rings. The second-order valence-corrected chi connectivity index (χ2v) is 3.58. The van der Waals surface area contributed by atoms with E-state index in [0.29, 0.717) is 0 Å². The molecule has 1 aliphatic carbocycles. The molecule has 0 aromatic rings. The lowest BCUT2D eigenvalue weighted by atomic mass is 10.1. The van der Waals surface area contributed by atoms with Crippen LogP contribution in [0.2, 0.25) is 0 Å². The lowest BCUT2D eigenvalue weighted by Crippen LogP contribution is -2.40. The van der Waals surface area contributed by atoms with Crippen molar-refractivity contribution in [1.82, 2.24) is 0 Å². The first-order valence-corrected chi connectivity index (χ1v) is 5.00. The summed E-state index contributed by atoms with van der Waals surface area (Å²) in [6, 6.07) is 0. The lowest BCUT2D eigenvalue weighted by molar-refractivity contribution is -0.00772. The van der Waals surface area contributed by atoms with Crippen molar-refractivity contribution in [2.24, 2.45) is 0 Å². The van der Waals surface area contributed by atoms with E-state index in [2.05, 4.69) is 0 Å². The molecule has 1 aliphatic rings. The van der Waals surface area contributed by atoms with Gasteiger partial charge in [0, 0.05) is 14.2 Å². The standard InChI is InChI=1S/C9H14O2S/c1-10-8-6-4-5-7-9(8,11-2)12-3/h4-8H,1-3H3. The molecule has 0 heterocycles. The molecule has 2 atom stereocenters. The van der Waals surface area contributed by atoms with Crippen LogP contribution in [0.3, 0.4) is 0 Å². The van der Waals surface area contributed by atoms with Crippen molar-refractivity contribution in [3.05, 3.63) is 24.3 Å². The third kappa shape index (κ3) is 1.58. The number of hydrogen-bond donors (Lipinski definition) is 0. The third-order valence-corrected chi connectivity index (χ3v) is 3.19. The summed E-state index contributed by atoms with van der Waals surface area (Å²) in [5, 5.41) is 0. The molecular formula is C9H14O2S. The van der Waals surface area contributed by atoms with Gasteiger partial charge in [-0.05, 0) is 12.3 Å². The highest BCUT2D eigenvalue weighted by atomic mass is 32.2. The summed E-state index contributed by atoms with van der Waals surface area (Å²) in [7, 11) is 3.39. The zero-order chi connectivity index (χ0) is 9.03. The SMILES string of the molecule is COC1C=CC=CC1(OC)SC. The third-order valence-electron chi connectivity index (χ3n) is 2.01. The van der Waals surface area contributed by atoms with E-state index in [4.69, 9.17) is 9.47 Å². The summed E-state index contributed by atoms with van der Waals surface area (Å²) in [6.45, 7) is 0. The predicted octanol–water partition coefficient (Wildman–Crippen LogP) is 1.83. The molecule has 0 amide bonds. The molecular weight excluding hydrogens is 172 g/mol. The lowest BCUT2D eigenvalue weighted by Gasteiger charge is -2.34. The molecule has 1 rings (SSSR count). The number of ether oxygens (including phenoxy) is 2. The van der Waals surface area contributed by atoms with Crippen LogP contribution in [0.4, 0.5) is 0 Å². The Bertz CT molecular complexity index is 195. The van der Waals surface area contributed by atoms with E-state index < -0.39 is 0 Å². The number of rotatable bonds is 3. The van der Waals surface area contributed by atoms with E-state index in [1.54, 1.807) is 26.0 Å². The first-order valence-electron chi connectivity index (χ1n) is 3.78. The molecule has 68 valence electrons. The molecule has 0 saturated heterocycles. The van der Waals surface area contributed by atoms with Crippen LogP contribution in [0.25, 0.3) is 0 Å². The molecule has 0 N–H and O–H groups in total. The van der Waals surface area contributed by atoms with E-state index in [0.717, 1.165) is 0 Å². The first kappa shape index (κ1) is 9.84. The van der Waals surface area contributed by atoms with Crippen LogP contribution in [0.1, 0.15) is 0 Å². The summed E-state index contributed by atoms with van der Waals surface area (Å²) in [5.41, 5.74) is 0. The molecule has 0 aliphatic heterocycles. The topological polar surface area (TPSA) is 18.5 Å². The maximum atomic E-state index is 5.43. The molecule has 0 aromatic heterocycles. The zero-order valence-electron chi connectivity index (χ0n) is 7.61. The Kier molecular flexibility index (Phi) is 3.38. The highest BCUT2D eigenvalue weighted by molar-refractivity contribution is 8.00. The summed E-state index contributed by atoms with van der Waals surface area (Å²) < 4.78 is 10.7. The van der Waals surface area contributed by atoms with Gasteiger partial charge in [-0.15, -0.1) is 11.8 Å². The van der Waals surface area contributed by atoms with Crippen LogP contribution in [0.15, 0.2) is 24.3 Å². The molecule has 0 aromatic carbocycles. The summed E-state index contributed by atoms with van der Waals surface area (Å²) >= 11 is 1.64. The van der Waals surface area contributed by atoms with Gasteiger partial charge in [0.05, 0.1) is 0 Å². The van der Waals surface area contributed by atoms with Gasteiger partial charge in [-0.25, -0.2) is 0 Å². The maximum Gasteiger partial charge on any atom is 0.161 e. The fourth-order valence-corrected chi connectivity index (χ4v) is 2.07. The van der Waals surface area contributed by atoms with Gasteiger partial charge in [-0.2, -0.15) is 0 Å². The molecule has 0 saturated carbocycles. The maximum absolute atomic E-state index is 5.43. The van der Waals surface area contributed by atoms with Gasteiger partial charge < -0.3 is 9.47 Å². The summed E-state index contributed by atoms with van der Waals surface area (Å²) in [5.74, 6) is 0. The second kappa shape index (κ2) is 4.12. The normalized spacial score (nSPS) is 34.1. The fraction of sp³-hybridized carbons (Fsp3) is 0.556. The smallest absolute Gasteiger partial charge is 0.161 e. The van der Waals surface area contributed by atoms with Gasteiger partial charge in [0.25, 0.3) is 0 Å². The highest BCUT2D eigenvalue weighted by Crippen LogP contribution is 2.33. The van der Waals surface area contributed by atoms with Gasteiger partial charge in [0.1, 0.15) is 6.10 Å². The monoisotopic (exact) mass is 186 g/mol. The van der Waals surface area contributed by atoms with Crippen LogP contribution in [-0.4, -0.2) is 31.5 Å². The minimum Gasteiger partial charge on any atom is -0.373 e. The van der Waals surface area contributed by atoms with E-state index in [9.17, 15) is 0 Å². The molecule has 3 heteroatoms. The van der Waals surface area contributed by atoms with Crippen molar-refractivity contribution >= 4 is 11.8 Å². The number of allylic oxidation sites excluding steroid dienone is 2. The number of hydrogen-bond acceptors (Lipinski definition) is 3. The van der Waals surface area contributed by atoms with Crippen molar-refractivity contribution in [2.75, 3.05) is 20.5 Å². The average Bonchev–Trinajstić information content (AvgIpc) is 2.17. The van der Waals surface area contributed by atoms with Crippen LogP contribution >= 0.6 is 11.8 Å². The van der Waals surface area contributed by atoms with Crippen LogP contribution in [-0.2, 0) is 9.47 Å². The molecule has 0 bridgehead atoms. The number of thioether (sulfide) groups is 1. The van der Waals surface area contributed by atoms with E-state index in [1.165, 1.54) is 0 Å². The number of methoxy groups -OCH3 is 2. The Morgan fingerprint density at radius 3 is 2.50 bits per heavy atom. The van der Waals surface area contributed by atoms with Gasteiger partial charge >= 0.3 is 0 Å². The quantitative estimate of drug-likeness (QED) is 0.626. The van der Waals surface area contributed by atoms with Crippen molar-refractivity contribution in [3.63, 3.8) is 0 Å². The van der Waals surface area contributed by atoms with E-state index in [-0.39, 0.29) is 11.0 Å². The molecule has 2 nitrogen and oxygen atoms in total. The predicted molar refractivity (Wildman–Crippen MR) is 52.3 cm³/mol. The van der Waals surface area contributed by atoms with Gasteiger partial charge in [0.15, 0.2) is 4.93 Å². The average molecular weight is 186 g/mol. The molecule has 0 radical (unpaired) electrons. The van der Waals surface area contributed by atoms with Gasteiger partial charge in [0.2, 0.25) is 0 Å². The highest BCUT2D eigenvalue weighted by Gasteiger charge is 2.35. The second-order valence-electron chi connectivity index (χ2n) is 2.53. The van der Waals surface area contributed by atoms with Crippen molar-refractivity contribution in [2.45, 2.75) is 11.0 Å². The zero-order valence-corrected chi connectivity index (χ0v) is 8.43. The van der Waals surface area contributed by atoms with E-state index >= 15 is 0 Å². The molecule has 2 unspecified atom stereocenters. The first-order chi connectivity index (χ1) is 5.79. The molecule has 12 heavy (non-hydrogen) atoms. The summed E-state index contributed by atoms with van der Waals surface area (Å²) in [4.78, 5) is -0.344. The summed E-state index contributed by atoms with van der Waals surface area (Å²) in [6.07, 6.45) is 9.99. The van der Waals surface area contributed by atoms with Crippen LogP contribution in [0, 0.1) is 0 Å². The van der Waals surface area contributed by atoms with Crippen LogP contribution < -0.4 is 0 Å². The fourth-order valence-electron chi connectivity index (χ4n) is 1.28. The Morgan fingerprint density at radius 1 is 1.33 bits per heavy atom. The molecule has 0 spiro atoms. The Hall–Kier alpha value is -0.250. The van der Waals surface area contributed by atoms with Gasteiger partial charge in [-0.3, -0.25) is 0 Å². The Morgan fingerprint density at radius 2 is 2.08 bits per heavy atom. The Balaban J connectivity index is 2.84. The van der Waals surface area contributed by atoms with E-state index in [1.807, 2.05) is 30.6 Å². The Labute approximate surface area is 77.6 Å². The largest absolute Gasteiger partial charge is 0.373 e. The van der Waals surface area contributed by atoms with Crippen molar-refractivity contribution in [3.8, 4) is 0 Å². The minimum atomic E-state index is -0.344.